The van der Waals surface area contributed by atoms with Crippen molar-refractivity contribution in [3.63, 3.8) is 0 Å². The smallest absolute Gasteiger partial charge is 0.234 e. The van der Waals surface area contributed by atoms with Crippen LogP contribution in [0.2, 0.25) is 0 Å². The molecule has 5 heteroatoms. The normalized spacial score (nSPS) is 15.9. The molecule has 0 radical (unpaired) electrons. The van der Waals surface area contributed by atoms with Gasteiger partial charge < -0.3 is 20.1 Å². The lowest BCUT2D eigenvalue weighted by Crippen LogP contribution is -2.40. The largest absolute Gasteiger partial charge is 0.494 e. The maximum absolute atomic E-state index is 11.9. The van der Waals surface area contributed by atoms with Crippen molar-refractivity contribution in [1.29, 1.82) is 0 Å². The third kappa shape index (κ3) is 8.25. The Morgan fingerprint density at radius 1 is 1.00 bits per heavy atom. The molecular weight excluding hydrogens is 316 g/mol. The molecule has 0 aromatic heterocycles. The molecule has 140 valence electrons. The Labute approximate surface area is 151 Å². The lowest BCUT2D eigenvalue weighted by molar-refractivity contribution is -0.120. The first-order valence-corrected chi connectivity index (χ1v) is 9.63. The summed E-state index contributed by atoms with van der Waals surface area (Å²) >= 11 is 0. The Bertz CT molecular complexity index is 482. The van der Waals surface area contributed by atoms with Crippen molar-refractivity contribution in [1.82, 2.24) is 10.6 Å². The topological polar surface area (TPSA) is 59.6 Å². The zero-order valence-electron chi connectivity index (χ0n) is 15.4. The average Bonchev–Trinajstić information content (AvgIpc) is 2.59. The fourth-order valence-electron chi connectivity index (χ4n) is 3.12. The Morgan fingerprint density at radius 2 is 1.60 bits per heavy atom. The summed E-state index contributed by atoms with van der Waals surface area (Å²) in [4.78, 5) is 11.9. The van der Waals surface area contributed by atoms with Crippen LogP contribution in [0, 0.1) is 0 Å². The van der Waals surface area contributed by atoms with E-state index in [-0.39, 0.29) is 5.91 Å². The highest BCUT2D eigenvalue weighted by Gasteiger charge is 2.12. The molecule has 5 nitrogen and oxygen atoms in total. The summed E-state index contributed by atoms with van der Waals surface area (Å²) < 4.78 is 11.0. The van der Waals surface area contributed by atoms with Crippen molar-refractivity contribution in [2.24, 2.45) is 0 Å². The summed E-state index contributed by atoms with van der Waals surface area (Å²) in [7, 11) is 0. The summed E-state index contributed by atoms with van der Waals surface area (Å²) in [6, 6.07) is 8.02. The van der Waals surface area contributed by atoms with Gasteiger partial charge in [0.2, 0.25) is 5.91 Å². The van der Waals surface area contributed by atoms with E-state index >= 15 is 0 Å². The minimum Gasteiger partial charge on any atom is -0.494 e. The number of hydrogen-bond donors (Lipinski definition) is 2. The highest BCUT2D eigenvalue weighted by Crippen LogP contribution is 2.17. The van der Waals surface area contributed by atoms with Gasteiger partial charge in [-0.1, -0.05) is 32.1 Å². The van der Waals surface area contributed by atoms with E-state index in [2.05, 4.69) is 10.6 Å². The number of ether oxygens (including phenoxy) is 2. The molecule has 1 aromatic rings. The van der Waals surface area contributed by atoms with Gasteiger partial charge in [0, 0.05) is 6.04 Å². The van der Waals surface area contributed by atoms with E-state index in [0.717, 1.165) is 11.5 Å². The fourth-order valence-corrected chi connectivity index (χ4v) is 3.12. The van der Waals surface area contributed by atoms with Gasteiger partial charge >= 0.3 is 0 Å². The van der Waals surface area contributed by atoms with E-state index in [1.807, 2.05) is 31.2 Å². The second-order valence-electron chi connectivity index (χ2n) is 6.53. The molecule has 0 bridgehead atoms. The summed E-state index contributed by atoms with van der Waals surface area (Å²) in [5.74, 6) is 1.66. The second-order valence-corrected chi connectivity index (χ2v) is 6.53. The molecule has 0 atom stereocenters. The number of carbonyl (C=O) groups excluding carboxylic acids is 1. The van der Waals surface area contributed by atoms with Crippen molar-refractivity contribution in [3.8, 4) is 11.5 Å². The van der Waals surface area contributed by atoms with Crippen LogP contribution in [0.25, 0.3) is 0 Å². The number of benzene rings is 1. The van der Waals surface area contributed by atoms with Gasteiger partial charge in [0.1, 0.15) is 18.1 Å². The van der Waals surface area contributed by atoms with E-state index < -0.39 is 0 Å². The highest BCUT2D eigenvalue weighted by molar-refractivity contribution is 5.77. The average molecular weight is 348 g/mol. The molecule has 1 fully saturated rings. The second kappa shape index (κ2) is 11.7. The van der Waals surface area contributed by atoms with Crippen LogP contribution < -0.4 is 20.1 Å². The van der Waals surface area contributed by atoms with E-state index in [4.69, 9.17) is 9.47 Å². The van der Waals surface area contributed by atoms with Gasteiger partial charge in [-0.15, -0.1) is 0 Å². The van der Waals surface area contributed by atoms with Crippen LogP contribution in [0.1, 0.15) is 51.9 Å². The number of amides is 1. The van der Waals surface area contributed by atoms with Crippen LogP contribution >= 0.6 is 0 Å². The van der Waals surface area contributed by atoms with Gasteiger partial charge in [0.05, 0.1) is 19.7 Å². The van der Waals surface area contributed by atoms with Crippen LogP contribution in [0.15, 0.2) is 24.3 Å². The Hall–Kier alpha value is -1.75. The molecule has 0 unspecified atom stereocenters. The standard InChI is InChI=1S/C20H32N2O3/c1-2-24-18-10-12-19(13-11-18)25-15-14-21-20(23)16-22-17-8-6-4-3-5-7-9-17/h10-13,17,22H,2-9,14-16H2,1H3,(H,21,23). The number of nitrogens with one attached hydrogen (secondary N) is 2. The number of rotatable bonds is 9. The monoisotopic (exact) mass is 348 g/mol. The Morgan fingerprint density at radius 3 is 2.24 bits per heavy atom. The number of hydrogen-bond acceptors (Lipinski definition) is 4. The van der Waals surface area contributed by atoms with Crippen molar-refractivity contribution in [2.75, 3.05) is 26.3 Å². The first kappa shape index (κ1) is 19.6. The van der Waals surface area contributed by atoms with Crippen molar-refractivity contribution in [2.45, 2.75) is 57.9 Å². The van der Waals surface area contributed by atoms with Gasteiger partial charge in [-0.05, 0) is 44.0 Å². The zero-order chi connectivity index (χ0) is 17.7. The zero-order valence-corrected chi connectivity index (χ0v) is 15.4. The Kier molecular flexibility index (Phi) is 9.19. The number of carbonyl (C=O) groups is 1. The minimum atomic E-state index is 0.0392. The summed E-state index contributed by atoms with van der Waals surface area (Å²) in [5, 5.41) is 6.30. The van der Waals surface area contributed by atoms with Crippen LogP contribution in [0.4, 0.5) is 0 Å². The maximum Gasteiger partial charge on any atom is 0.234 e. The van der Waals surface area contributed by atoms with Crippen LogP contribution in [0.5, 0.6) is 11.5 Å². The van der Waals surface area contributed by atoms with Crippen molar-refractivity contribution < 1.29 is 14.3 Å². The first-order valence-electron chi connectivity index (χ1n) is 9.63. The van der Waals surface area contributed by atoms with Crippen molar-refractivity contribution >= 4 is 5.91 Å². The molecule has 25 heavy (non-hydrogen) atoms. The van der Waals surface area contributed by atoms with Gasteiger partial charge in [-0.25, -0.2) is 0 Å². The molecule has 2 rings (SSSR count). The maximum atomic E-state index is 11.9. The summed E-state index contributed by atoms with van der Waals surface area (Å²) in [6.07, 6.45) is 8.94. The molecule has 0 heterocycles. The van der Waals surface area contributed by atoms with E-state index in [1.54, 1.807) is 0 Å². The molecule has 1 aliphatic carbocycles. The van der Waals surface area contributed by atoms with E-state index in [1.165, 1.54) is 44.9 Å². The lowest BCUT2D eigenvalue weighted by atomic mass is 9.97. The third-order valence-corrected chi connectivity index (χ3v) is 4.48. The lowest BCUT2D eigenvalue weighted by Gasteiger charge is -2.20. The summed E-state index contributed by atoms with van der Waals surface area (Å²) in [6.45, 7) is 3.98. The SMILES string of the molecule is CCOc1ccc(OCCNC(=O)CNC2CCCCCCC2)cc1. The highest BCUT2D eigenvalue weighted by atomic mass is 16.5. The predicted molar refractivity (Wildman–Crippen MR) is 100 cm³/mol. The van der Waals surface area contributed by atoms with E-state index in [0.29, 0.717) is 32.3 Å². The quantitative estimate of drug-likeness (QED) is 0.673. The summed E-state index contributed by atoms with van der Waals surface area (Å²) in [5.41, 5.74) is 0. The van der Waals surface area contributed by atoms with Gasteiger partial charge in [-0.2, -0.15) is 0 Å². The minimum absolute atomic E-state index is 0.0392. The molecule has 0 saturated heterocycles. The molecule has 0 spiro atoms. The van der Waals surface area contributed by atoms with Crippen LogP contribution in [0.3, 0.4) is 0 Å². The molecule has 1 aliphatic rings. The first-order chi connectivity index (χ1) is 12.3. The van der Waals surface area contributed by atoms with E-state index in [9.17, 15) is 4.79 Å². The fraction of sp³-hybridized carbons (Fsp3) is 0.650. The van der Waals surface area contributed by atoms with Gasteiger partial charge in [-0.3, -0.25) is 4.79 Å². The molecule has 1 aromatic carbocycles. The molecule has 1 saturated carbocycles. The predicted octanol–water partition coefficient (Wildman–Crippen LogP) is 3.28. The van der Waals surface area contributed by atoms with Gasteiger partial charge in [0.25, 0.3) is 0 Å². The molecule has 0 aliphatic heterocycles. The van der Waals surface area contributed by atoms with Crippen LogP contribution in [-0.4, -0.2) is 38.3 Å². The Balaban J connectivity index is 1.55. The molecular formula is C20H32N2O3. The van der Waals surface area contributed by atoms with Gasteiger partial charge in [0.15, 0.2) is 0 Å². The van der Waals surface area contributed by atoms with Crippen LogP contribution in [-0.2, 0) is 4.79 Å². The third-order valence-electron chi connectivity index (χ3n) is 4.48. The van der Waals surface area contributed by atoms with Crippen molar-refractivity contribution in [3.05, 3.63) is 24.3 Å². The molecule has 2 N–H and O–H groups in total. The molecule has 1 amide bonds.